The molecular weight excluding hydrogens is 847 g/mol. The molecule has 3 nitrogen and oxygen atoms in total. The van der Waals surface area contributed by atoms with Gasteiger partial charge >= 0.3 is 0 Å². The summed E-state index contributed by atoms with van der Waals surface area (Å²) in [6.45, 7) is 0. The molecule has 1 aromatic heterocycles. The Bertz CT molecular complexity index is 3940. The van der Waals surface area contributed by atoms with Crippen LogP contribution in [-0.2, 0) is 0 Å². The molecule has 3 heteroatoms. The second-order valence-corrected chi connectivity index (χ2v) is 17.9. The first-order valence-corrected chi connectivity index (χ1v) is 23.9. The number of benzene rings is 12. The number of rotatable bonds is 9. The van der Waals surface area contributed by atoms with Crippen molar-refractivity contribution < 1.29 is 0 Å². The van der Waals surface area contributed by atoms with Crippen LogP contribution < -0.4 is 4.90 Å². The van der Waals surface area contributed by atoms with Crippen LogP contribution in [0.3, 0.4) is 0 Å². The fourth-order valence-electron chi connectivity index (χ4n) is 10.5. The van der Waals surface area contributed by atoms with E-state index in [0.29, 0.717) is 0 Å². The summed E-state index contributed by atoms with van der Waals surface area (Å²) in [6.07, 6.45) is 0. The molecule has 0 aliphatic rings. The van der Waals surface area contributed by atoms with E-state index in [1.165, 1.54) is 71.3 Å². The molecule has 0 atom stereocenters. The maximum atomic E-state index is 5.15. The molecule has 0 amide bonds. The summed E-state index contributed by atoms with van der Waals surface area (Å²) >= 11 is 0. The van der Waals surface area contributed by atoms with E-state index in [0.717, 1.165) is 50.7 Å². The van der Waals surface area contributed by atoms with Gasteiger partial charge in [0.2, 0.25) is 0 Å². The molecule has 1 heterocycles. The van der Waals surface area contributed by atoms with Crippen molar-refractivity contribution in [1.82, 2.24) is 9.55 Å². The lowest BCUT2D eigenvalue weighted by Crippen LogP contribution is -2.10. The van der Waals surface area contributed by atoms with Crippen molar-refractivity contribution in [3.8, 4) is 61.6 Å². The average molecular weight is 892 g/mol. The number of fused-ring (bicyclic) bond motifs is 4. The van der Waals surface area contributed by atoms with Gasteiger partial charge in [-0.15, -0.1) is 0 Å². The van der Waals surface area contributed by atoms with Gasteiger partial charge in [-0.3, -0.25) is 4.57 Å². The van der Waals surface area contributed by atoms with Crippen LogP contribution in [0.2, 0.25) is 0 Å². The van der Waals surface area contributed by atoms with Crippen LogP contribution in [0, 0.1) is 0 Å². The summed E-state index contributed by atoms with van der Waals surface area (Å²) < 4.78 is 2.25. The van der Waals surface area contributed by atoms with E-state index < -0.39 is 0 Å². The van der Waals surface area contributed by atoms with Gasteiger partial charge in [0.05, 0.1) is 11.0 Å². The Hall–Kier alpha value is -9.31. The molecule has 328 valence electrons. The van der Waals surface area contributed by atoms with E-state index >= 15 is 0 Å². The van der Waals surface area contributed by atoms with Crippen molar-refractivity contribution in [3.63, 3.8) is 0 Å². The first kappa shape index (κ1) is 40.9. The SMILES string of the molecule is c1ccc(-c2ccc(N(c3ccc(-c4ccc(-c5c6ccccc6c(-c6cccc7ccccc67)c6ccccc56)cc4)cc3)c3ccc(-c4nc5ccccc5n4-c4ccccc4)cc3)cc2)cc1. The van der Waals surface area contributed by atoms with Gasteiger partial charge in [-0.25, -0.2) is 4.98 Å². The number of hydrogen-bond acceptors (Lipinski definition) is 2. The van der Waals surface area contributed by atoms with E-state index in [1.807, 2.05) is 0 Å². The molecule has 0 saturated carbocycles. The molecule has 70 heavy (non-hydrogen) atoms. The Kier molecular flexibility index (Phi) is 10.2. The van der Waals surface area contributed by atoms with E-state index in [1.54, 1.807) is 0 Å². The molecule has 0 bridgehead atoms. The van der Waals surface area contributed by atoms with Crippen molar-refractivity contribution in [1.29, 1.82) is 0 Å². The lowest BCUT2D eigenvalue weighted by atomic mass is 9.84. The number of imidazole rings is 1. The lowest BCUT2D eigenvalue weighted by molar-refractivity contribution is 1.10. The zero-order chi connectivity index (χ0) is 46.4. The van der Waals surface area contributed by atoms with Gasteiger partial charge in [-0.05, 0) is 150 Å². The van der Waals surface area contributed by atoms with Crippen LogP contribution in [-0.4, -0.2) is 9.55 Å². The summed E-state index contributed by atoms with van der Waals surface area (Å²) in [4.78, 5) is 7.49. The van der Waals surface area contributed by atoms with Crippen LogP contribution in [0.4, 0.5) is 17.1 Å². The van der Waals surface area contributed by atoms with Gasteiger partial charge in [0.1, 0.15) is 5.82 Å². The minimum absolute atomic E-state index is 0.910. The maximum absolute atomic E-state index is 5.15. The van der Waals surface area contributed by atoms with Crippen molar-refractivity contribution in [2.45, 2.75) is 0 Å². The molecule has 0 unspecified atom stereocenters. The minimum Gasteiger partial charge on any atom is -0.311 e. The van der Waals surface area contributed by atoms with Gasteiger partial charge < -0.3 is 4.90 Å². The molecule has 0 aliphatic heterocycles. The third-order valence-electron chi connectivity index (χ3n) is 13.8. The van der Waals surface area contributed by atoms with Crippen LogP contribution in [0.15, 0.2) is 273 Å². The second kappa shape index (κ2) is 17.4. The van der Waals surface area contributed by atoms with E-state index in [4.69, 9.17) is 4.98 Å². The molecule has 0 saturated heterocycles. The molecule has 13 rings (SSSR count). The summed E-state index contributed by atoms with van der Waals surface area (Å²) in [7, 11) is 0. The Morgan fingerprint density at radius 1 is 0.286 bits per heavy atom. The molecule has 0 radical (unpaired) electrons. The third kappa shape index (κ3) is 7.20. The van der Waals surface area contributed by atoms with E-state index in [-0.39, 0.29) is 0 Å². The quantitative estimate of drug-likeness (QED) is 0.135. The predicted octanol–water partition coefficient (Wildman–Crippen LogP) is 18.3. The molecule has 0 spiro atoms. The highest BCUT2D eigenvalue weighted by Crippen LogP contribution is 2.46. The fourth-order valence-corrected chi connectivity index (χ4v) is 10.5. The molecular formula is C67H45N3. The molecule has 13 aromatic rings. The standard InChI is InChI=1S/C67H45N3/c1-3-16-46(17-4-1)48-34-40-54(41-35-48)69(56-44-38-52(39-45-56)67-68-63-28-13-14-29-64(63)70(67)53-20-5-2-6-21-53)55-42-36-49(37-43-55)47-30-32-51(33-31-47)65-59-23-9-11-25-61(59)66(62-26-12-10-24-60(62)65)58-27-15-19-50-18-7-8-22-57(50)58/h1-45H. The Morgan fingerprint density at radius 2 is 0.700 bits per heavy atom. The van der Waals surface area contributed by atoms with Crippen molar-refractivity contribution in [2.75, 3.05) is 4.90 Å². The van der Waals surface area contributed by atoms with Gasteiger partial charge in [-0.2, -0.15) is 0 Å². The monoisotopic (exact) mass is 891 g/mol. The lowest BCUT2D eigenvalue weighted by Gasteiger charge is -2.26. The highest BCUT2D eigenvalue weighted by Gasteiger charge is 2.20. The highest BCUT2D eigenvalue weighted by atomic mass is 15.1. The largest absolute Gasteiger partial charge is 0.311 e. The van der Waals surface area contributed by atoms with Crippen molar-refractivity contribution in [3.05, 3.63) is 273 Å². The highest BCUT2D eigenvalue weighted by molar-refractivity contribution is 6.23. The summed E-state index contributed by atoms with van der Waals surface area (Å²) in [6, 6.07) is 98.4. The summed E-state index contributed by atoms with van der Waals surface area (Å²) in [5.74, 6) is 0.910. The third-order valence-corrected chi connectivity index (χ3v) is 13.8. The maximum Gasteiger partial charge on any atom is 0.145 e. The zero-order valence-electron chi connectivity index (χ0n) is 38.3. The topological polar surface area (TPSA) is 21.1 Å². The van der Waals surface area contributed by atoms with Gasteiger partial charge in [0.15, 0.2) is 0 Å². The minimum atomic E-state index is 0.910. The molecule has 0 N–H and O–H groups in total. The second-order valence-electron chi connectivity index (χ2n) is 17.9. The zero-order valence-corrected chi connectivity index (χ0v) is 38.3. The number of hydrogen-bond donors (Lipinski definition) is 0. The molecule has 0 fully saturated rings. The number of anilines is 3. The first-order chi connectivity index (χ1) is 34.7. The number of nitrogens with zero attached hydrogens (tertiary/aromatic N) is 3. The van der Waals surface area contributed by atoms with E-state index in [9.17, 15) is 0 Å². The first-order valence-electron chi connectivity index (χ1n) is 23.9. The molecule has 12 aromatic carbocycles. The van der Waals surface area contributed by atoms with Gasteiger partial charge in [-0.1, -0.05) is 200 Å². The smallest absolute Gasteiger partial charge is 0.145 e. The van der Waals surface area contributed by atoms with Crippen molar-refractivity contribution in [2.24, 2.45) is 0 Å². The van der Waals surface area contributed by atoms with E-state index in [2.05, 4.69) is 282 Å². The van der Waals surface area contributed by atoms with Crippen LogP contribution in [0.25, 0.3) is 105 Å². The number of para-hydroxylation sites is 3. The normalized spacial score (nSPS) is 11.4. The van der Waals surface area contributed by atoms with Crippen molar-refractivity contribution >= 4 is 60.4 Å². The Morgan fingerprint density at radius 3 is 1.29 bits per heavy atom. The fraction of sp³-hybridized carbons (Fsp3) is 0. The van der Waals surface area contributed by atoms with Gasteiger partial charge in [0.25, 0.3) is 0 Å². The van der Waals surface area contributed by atoms with Crippen LogP contribution in [0.5, 0.6) is 0 Å². The van der Waals surface area contributed by atoms with Crippen LogP contribution >= 0.6 is 0 Å². The molecule has 0 aliphatic carbocycles. The summed E-state index contributed by atoms with van der Waals surface area (Å²) in [5, 5.41) is 7.53. The summed E-state index contributed by atoms with van der Waals surface area (Å²) in [5.41, 5.74) is 17.1. The Balaban J connectivity index is 0.865. The number of aromatic nitrogens is 2. The predicted molar refractivity (Wildman–Crippen MR) is 295 cm³/mol. The van der Waals surface area contributed by atoms with Crippen LogP contribution in [0.1, 0.15) is 0 Å². The van der Waals surface area contributed by atoms with Gasteiger partial charge in [0, 0.05) is 28.3 Å². The Labute approximate surface area is 407 Å². The average Bonchev–Trinajstić information content (AvgIpc) is 3.83.